The number of azide groups is 1. The number of ether oxygens (including phenoxy) is 2. The highest BCUT2D eigenvalue weighted by atomic mass is 19.1. The number of aliphatic hydroxyl groups excluding tert-OH is 1. The average Bonchev–Trinajstić information content (AvgIpc) is 3.56. The number of aliphatic hydroxyl groups is 1. The Balaban J connectivity index is 1.41. The Morgan fingerprint density at radius 1 is 0.885 bits per heavy atom. The van der Waals surface area contributed by atoms with Gasteiger partial charge in [0.25, 0.3) is 5.91 Å². The summed E-state index contributed by atoms with van der Waals surface area (Å²) in [5.74, 6) is -1.22. The summed E-state index contributed by atoms with van der Waals surface area (Å²) < 4.78 is 40.4. The Morgan fingerprint density at radius 3 is 2.29 bits per heavy atom. The van der Waals surface area contributed by atoms with Crippen molar-refractivity contribution in [2.75, 3.05) is 13.2 Å². The maximum atomic E-state index is 14.6. The van der Waals surface area contributed by atoms with E-state index in [0.717, 1.165) is 23.3 Å². The van der Waals surface area contributed by atoms with Crippen LogP contribution in [0.25, 0.3) is 21.6 Å². The normalized spacial score (nSPS) is 16.4. The lowest BCUT2D eigenvalue weighted by molar-refractivity contribution is -0.130. The number of carbonyl (C=O) groups excluding carboxylic acids is 1. The van der Waals surface area contributed by atoms with E-state index in [9.17, 15) is 13.6 Å². The molecule has 2 atom stereocenters. The number of aliphatic imine (C=N–C) groups is 1. The number of carbonyl (C=O) groups is 1. The third kappa shape index (κ3) is 8.27. The van der Waals surface area contributed by atoms with Crippen LogP contribution in [-0.2, 0) is 29.0 Å². The van der Waals surface area contributed by atoms with E-state index in [0.29, 0.717) is 41.0 Å². The molecule has 1 aliphatic rings. The van der Waals surface area contributed by atoms with Crippen molar-refractivity contribution in [3.8, 4) is 16.9 Å². The number of halogens is 2. The number of hydrogen-bond donors (Lipinski definition) is 3. The third-order valence-electron chi connectivity index (χ3n) is 8.73. The van der Waals surface area contributed by atoms with Gasteiger partial charge in [0.1, 0.15) is 17.4 Å². The molecule has 1 heterocycles. The molecule has 5 aromatic carbocycles. The Hall–Kier alpha value is -6.07. The van der Waals surface area contributed by atoms with Crippen molar-refractivity contribution in [1.82, 2.24) is 10.9 Å². The third-order valence-corrected chi connectivity index (χ3v) is 8.73. The van der Waals surface area contributed by atoms with Crippen molar-refractivity contribution in [2.24, 2.45) is 10.1 Å². The molecule has 12 heteroatoms. The van der Waals surface area contributed by atoms with Gasteiger partial charge in [-0.15, -0.1) is 0 Å². The first-order valence-corrected chi connectivity index (χ1v) is 16.7. The first-order chi connectivity index (χ1) is 25.4. The van der Waals surface area contributed by atoms with E-state index in [-0.39, 0.29) is 37.6 Å². The van der Waals surface area contributed by atoms with Gasteiger partial charge in [0.2, 0.25) is 5.90 Å². The molecular formula is C40H36F2N6O4. The number of nitrogens with zero attached hydrogens (tertiary/aromatic N) is 4. The summed E-state index contributed by atoms with van der Waals surface area (Å²) in [4.78, 5) is 22.6. The second-order valence-electron chi connectivity index (χ2n) is 12.2. The van der Waals surface area contributed by atoms with Crippen molar-refractivity contribution >= 4 is 11.8 Å². The summed E-state index contributed by atoms with van der Waals surface area (Å²) in [6.45, 7) is 0.285. The van der Waals surface area contributed by atoms with Crippen molar-refractivity contribution in [2.45, 2.75) is 37.6 Å². The highest BCUT2D eigenvalue weighted by molar-refractivity contribution is 6.01. The molecule has 0 aliphatic carbocycles. The molecule has 0 unspecified atom stereocenters. The smallest absolute Gasteiger partial charge is 0.266 e. The molecule has 5 aromatic rings. The van der Waals surface area contributed by atoms with E-state index in [1.807, 2.05) is 78.9 Å². The van der Waals surface area contributed by atoms with Crippen LogP contribution in [0.15, 0.2) is 131 Å². The molecule has 0 bridgehead atoms. The summed E-state index contributed by atoms with van der Waals surface area (Å²) in [5.41, 5.74) is 17.8. The highest BCUT2D eigenvalue weighted by Crippen LogP contribution is 2.43. The van der Waals surface area contributed by atoms with Gasteiger partial charge in [-0.25, -0.2) is 19.2 Å². The second-order valence-corrected chi connectivity index (χ2v) is 12.2. The molecule has 0 radical (unpaired) electrons. The highest BCUT2D eigenvalue weighted by Gasteiger charge is 2.53. The summed E-state index contributed by atoms with van der Waals surface area (Å²) in [6, 6.07) is 35.2. The topological polar surface area (TPSA) is 141 Å². The van der Waals surface area contributed by atoms with E-state index >= 15 is 0 Å². The van der Waals surface area contributed by atoms with Gasteiger partial charge in [-0.05, 0) is 63.7 Å². The molecule has 6 rings (SSSR count). The molecule has 0 fully saturated rings. The molecule has 10 nitrogen and oxygen atoms in total. The average molecular weight is 703 g/mol. The SMILES string of the molecule is [N-]=[N+]=NCc1ccccc1C[C@]1(C(=O)NNCc2ccc(F)cc2F)N=C(c2ccc(OCCCO)cc2)O[C@H]1c1ccc(-c2ccccc2)cc1. The first-order valence-electron chi connectivity index (χ1n) is 16.7. The Kier molecular flexibility index (Phi) is 11.5. The molecule has 1 amide bonds. The quantitative estimate of drug-likeness (QED) is 0.0340. The van der Waals surface area contributed by atoms with E-state index in [1.165, 1.54) is 6.07 Å². The van der Waals surface area contributed by atoms with Gasteiger partial charge >= 0.3 is 0 Å². The van der Waals surface area contributed by atoms with Crippen molar-refractivity contribution in [3.63, 3.8) is 0 Å². The second kappa shape index (κ2) is 16.8. The number of amides is 1. The van der Waals surface area contributed by atoms with E-state index in [2.05, 4.69) is 20.9 Å². The molecule has 52 heavy (non-hydrogen) atoms. The van der Waals surface area contributed by atoms with Crippen LogP contribution in [0.1, 0.15) is 40.3 Å². The zero-order valence-corrected chi connectivity index (χ0v) is 28.1. The largest absolute Gasteiger partial charge is 0.494 e. The number of hydrogen-bond acceptors (Lipinski definition) is 7. The van der Waals surface area contributed by atoms with Crippen LogP contribution in [-0.4, -0.2) is 35.7 Å². The van der Waals surface area contributed by atoms with Crippen LogP contribution in [0.4, 0.5) is 8.78 Å². The lowest BCUT2D eigenvalue weighted by Crippen LogP contribution is -2.53. The molecule has 1 aliphatic heterocycles. The Labute approximate surface area is 299 Å². The van der Waals surface area contributed by atoms with Crippen LogP contribution in [0.5, 0.6) is 5.75 Å². The minimum atomic E-state index is -1.62. The molecule has 0 aromatic heterocycles. The lowest BCUT2D eigenvalue weighted by atomic mass is 9.80. The molecule has 0 spiro atoms. The van der Waals surface area contributed by atoms with Crippen molar-refractivity contribution < 1.29 is 28.2 Å². The predicted molar refractivity (Wildman–Crippen MR) is 193 cm³/mol. The van der Waals surface area contributed by atoms with Crippen LogP contribution in [0.2, 0.25) is 0 Å². The van der Waals surface area contributed by atoms with Crippen LogP contribution >= 0.6 is 0 Å². The fourth-order valence-corrected chi connectivity index (χ4v) is 6.04. The van der Waals surface area contributed by atoms with Gasteiger partial charge in [-0.3, -0.25) is 10.2 Å². The standard InChI is InChI=1S/C40H36F2N6O4/c41-34-18-15-33(36(42)23-34)26-44-47-39(50)40(24-31-9-4-5-10-32(31)25-45-48-43)37(29-13-11-28(12-14-29)27-7-2-1-3-8-27)52-38(46-40)30-16-19-35(20-17-30)51-22-6-21-49/h1-5,7-20,23,37,44,49H,6,21-22,24-26H2,(H,47,50)/t37-,40-/m0/s1. The van der Waals surface area contributed by atoms with E-state index < -0.39 is 29.2 Å². The molecule has 264 valence electrons. The maximum Gasteiger partial charge on any atom is 0.266 e. The van der Waals surface area contributed by atoms with Crippen molar-refractivity contribution in [1.29, 1.82) is 0 Å². The monoisotopic (exact) mass is 702 g/mol. The van der Waals surface area contributed by atoms with Crippen LogP contribution in [0, 0.1) is 11.6 Å². The van der Waals surface area contributed by atoms with Gasteiger partial charge < -0.3 is 14.6 Å². The first kappa shape index (κ1) is 35.7. The summed E-state index contributed by atoms with van der Waals surface area (Å²) in [7, 11) is 0. The molecule has 0 saturated heterocycles. The van der Waals surface area contributed by atoms with Gasteiger partial charge in [0, 0.05) is 48.1 Å². The predicted octanol–water partition coefficient (Wildman–Crippen LogP) is 7.52. The van der Waals surface area contributed by atoms with Crippen LogP contribution in [0.3, 0.4) is 0 Å². The summed E-state index contributed by atoms with van der Waals surface area (Å²) in [6.07, 6.45) is -0.410. The summed E-state index contributed by atoms with van der Waals surface area (Å²) in [5, 5.41) is 12.9. The van der Waals surface area contributed by atoms with E-state index in [1.54, 1.807) is 24.3 Å². The Bertz CT molecular complexity index is 2070. The van der Waals surface area contributed by atoms with Gasteiger partial charge in [0.05, 0.1) is 13.2 Å². The molecule has 0 saturated carbocycles. The van der Waals surface area contributed by atoms with Gasteiger partial charge in [-0.1, -0.05) is 90.0 Å². The fourth-order valence-electron chi connectivity index (χ4n) is 6.04. The number of nitrogens with one attached hydrogen (secondary N) is 2. The zero-order chi connectivity index (χ0) is 36.3. The lowest BCUT2D eigenvalue weighted by Gasteiger charge is -2.31. The minimum absolute atomic E-state index is 0.0142. The van der Waals surface area contributed by atoms with Gasteiger partial charge in [0.15, 0.2) is 11.6 Å². The van der Waals surface area contributed by atoms with E-state index in [4.69, 9.17) is 25.1 Å². The maximum absolute atomic E-state index is 14.6. The zero-order valence-electron chi connectivity index (χ0n) is 28.1. The number of hydrazine groups is 1. The fraction of sp³-hybridized carbons (Fsp3) is 0.200. The van der Waals surface area contributed by atoms with Crippen molar-refractivity contribution in [3.05, 3.63) is 171 Å². The minimum Gasteiger partial charge on any atom is -0.494 e. The molecular weight excluding hydrogens is 666 g/mol. The Morgan fingerprint density at radius 2 is 1.58 bits per heavy atom. The number of rotatable bonds is 15. The van der Waals surface area contributed by atoms with Gasteiger partial charge in [-0.2, -0.15) is 0 Å². The number of benzene rings is 5. The summed E-state index contributed by atoms with van der Waals surface area (Å²) >= 11 is 0. The molecule has 3 N–H and O–H groups in total. The van der Waals surface area contributed by atoms with Crippen LogP contribution < -0.4 is 15.6 Å².